The Balaban J connectivity index is -0.000000320. The molecule has 0 bridgehead atoms. The average molecular weight is 190 g/mol. The number of rotatable bonds is 4. The second-order valence-electron chi connectivity index (χ2n) is 1.42. The average Bonchev–Trinajstić information content (AvgIpc) is 1.85. The molecular weight excluding hydrogens is 179 g/mol. The first-order chi connectivity index (χ1) is 4.31. The number of carbonyl (C=O) groups excluding carboxylic acids is 1. The van der Waals surface area contributed by atoms with E-state index in [1.54, 1.807) is 0 Å². The smallest absolute Gasteiger partial charge is 1.00 e. The zero-order valence-electron chi connectivity index (χ0n) is 7.04. The monoisotopic (exact) mass is 190 g/mol. The molecule has 0 aromatic heterocycles. The number of hydrogen-bond acceptors (Lipinski definition) is 4. The number of thiol groups is 2. The van der Waals surface area contributed by atoms with Gasteiger partial charge in [0.2, 0.25) is 0 Å². The van der Waals surface area contributed by atoms with Crippen molar-refractivity contribution in [1.29, 1.82) is 0 Å². The molecular formula is C5H11NaO2S2. The second-order valence-corrected chi connectivity index (χ2v) is 2.31. The van der Waals surface area contributed by atoms with Crippen molar-refractivity contribution in [2.45, 2.75) is 6.42 Å². The molecule has 56 valence electrons. The maximum atomic E-state index is 10.5. The Morgan fingerprint density at radius 3 is 2.40 bits per heavy atom. The Hall–Kier alpha value is 1.17. The Kier molecular flexibility index (Phi) is 14.0. The van der Waals surface area contributed by atoms with Gasteiger partial charge in [-0.3, -0.25) is 4.79 Å². The van der Waals surface area contributed by atoms with Gasteiger partial charge in [0.05, 0.1) is 6.42 Å². The van der Waals surface area contributed by atoms with Crippen molar-refractivity contribution in [2.75, 3.05) is 18.1 Å². The van der Waals surface area contributed by atoms with Gasteiger partial charge in [0.25, 0.3) is 0 Å². The molecule has 0 saturated carbocycles. The van der Waals surface area contributed by atoms with Crippen LogP contribution in [0.25, 0.3) is 0 Å². The van der Waals surface area contributed by atoms with E-state index in [2.05, 4.69) is 30.0 Å². The first-order valence-corrected chi connectivity index (χ1v) is 3.95. The van der Waals surface area contributed by atoms with Crippen molar-refractivity contribution >= 4 is 31.2 Å². The Bertz CT molecular complexity index is 94.6. The van der Waals surface area contributed by atoms with E-state index < -0.39 is 0 Å². The maximum absolute atomic E-state index is 10.5. The summed E-state index contributed by atoms with van der Waals surface area (Å²) in [6, 6.07) is 0. The van der Waals surface area contributed by atoms with Crippen molar-refractivity contribution in [3.05, 3.63) is 0 Å². The van der Waals surface area contributed by atoms with Gasteiger partial charge in [0.15, 0.2) is 0 Å². The van der Waals surface area contributed by atoms with Crippen molar-refractivity contribution in [1.82, 2.24) is 0 Å². The number of hydrogen-bond donors (Lipinski definition) is 2. The molecule has 0 amide bonds. The van der Waals surface area contributed by atoms with E-state index in [-0.39, 0.29) is 37.0 Å². The standard InChI is InChI=1S/C5H10O2S2.Na.H/c6-5(1-3-8)7-2-4-9;;/h8-9H,1-4H2;;/q;+1;-1. The van der Waals surface area contributed by atoms with Crippen LogP contribution in [-0.4, -0.2) is 24.1 Å². The zero-order valence-corrected chi connectivity index (χ0v) is 9.83. The molecule has 0 rings (SSSR count). The van der Waals surface area contributed by atoms with Gasteiger partial charge in [-0.2, -0.15) is 25.3 Å². The van der Waals surface area contributed by atoms with Crippen LogP contribution >= 0.6 is 25.3 Å². The molecule has 0 N–H and O–H groups in total. The summed E-state index contributed by atoms with van der Waals surface area (Å²) >= 11 is 7.73. The first-order valence-electron chi connectivity index (χ1n) is 2.68. The van der Waals surface area contributed by atoms with Gasteiger partial charge in [-0.25, -0.2) is 0 Å². The van der Waals surface area contributed by atoms with Gasteiger partial charge in [-0.15, -0.1) is 0 Å². The SMILES string of the molecule is O=C(CCS)OCCS.[H-].[Na+]. The molecule has 2 nitrogen and oxygen atoms in total. The summed E-state index contributed by atoms with van der Waals surface area (Å²) in [6.45, 7) is 0.399. The molecule has 0 saturated heterocycles. The summed E-state index contributed by atoms with van der Waals surface area (Å²) in [4.78, 5) is 10.5. The summed E-state index contributed by atoms with van der Waals surface area (Å²) in [6.07, 6.45) is 0.386. The molecule has 10 heavy (non-hydrogen) atoms. The topological polar surface area (TPSA) is 26.3 Å². The number of ether oxygens (including phenoxy) is 1. The predicted molar refractivity (Wildman–Crippen MR) is 44.4 cm³/mol. The number of esters is 1. The predicted octanol–water partition coefficient (Wildman–Crippen LogP) is -2.10. The minimum absolute atomic E-state index is 0. The van der Waals surface area contributed by atoms with E-state index in [1.807, 2.05) is 0 Å². The third-order valence-electron chi connectivity index (χ3n) is 0.670. The van der Waals surface area contributed by atoms with Crippen LogP contribution in [-0.2, 0) is 9.53 Å². The van der Waals surface area contributed by atoms with E-state index in [9.17, 15) is 4.79 Å². The molecule has 0 heterocycles. The molecule has 0 radical (unpaired) electrons. The van der Waals surface area contributed by atoms with Crippen molar-refractivity contribution in [3.63, 3.8) is 0 Å². The minimum atomic E-state index is -0.195. The minimum Gasteiger partial charge on any atom is -1.00 e. The zero-order chi connectivity index (χ0) is 7.11. The molecule has 0 unspecified atom stereocenters. The van der Waals surface area contributed by atoms with Crippen LogP contribution in [0.4, 0.5) is 0 Å². The fraction of sp³-hybridized carbons (Fsp3) is 0.800. The molecule has 5 heteroatoms. The summed E-state index contributed by atoms with van der Waals surface area (Å²) in [5.74, 6) is 0.933. The molecule has 0 aromatic carbocycles. The van der Waals surface area contributed by atoms with Crippen molar-refractivity contribution in [2.24, 2.45) is 0 Å². The van der Waals surface area contributed by atoms with Crippen LogP contribution in [0.2, 0.25) is 0 Å². The summed E-state index contributed by atoms with van der Waals surface area (Å²) in [5.41, 5.74) is 0. The van der Waals surface area contributed by atoms with Gasteiger partial charge in [-0.1, -0.05) is 0 Å². The van der Waals surface area contributed by atoms with Gasteiger partial charge in [-0.05, 0) is 0 Å². The summed E-state index contributed by atoms with van der Waals surface area (Å²) in [5, 5.41) is 0. The molecule has 0 aliphatic rings. The normalized spacial score (nSPS) is 8.20. The fourth-order valence-electron chi connectivity index (χ4n) is 0.323. The molecule has 0 aromatic rings. The number of carbonyl (C=O) groups is 1. The Morgan fingerprint density at radius 1 is 1.40 bits per heavy atom. The van der Waals surface area contributed by atoms with Crippen molar-refractivity contribution in [3.8, 4) is 0 Å². The maximum Gasteiger partial charge on any atom is 1.00 e. The first kappa shape index (κ1) is 13.7. The van der Waals surface area contributed by atoms with Gasteiger partial charge < -0.3 is 6.16 Å². The van der Waals surface area contributed by atoms with Gasteiger partial charge in [0, 0.05) is 11.5 Å². The molecule has 0 fully saturated rings. The third kappa shape index (κ3) is 9.17. The molecule has 0 aliphatic carbocycles. The molecule has 0 aliphatic heterocycles. The van der Waals surface area contributed by atoms with Crippen LogP contribution in [0.1, 0.15) is 7.85 Å². The van der Waals surface area contributed by atoms with E-state index in [4.69, 9.17) is 0 Å². The van der Waals surface area contributed by atoms with E-state index in [0.29, 0.717) is 24.5 Å². The summed E-state index contributed by atoms with van der Waals surface area (Å²) < 4.78 is 4.67. The van der Waals surface area contributed by atoms with E-state index in [1.165, 1.54) is 0 Å². The third-order valence-corrected chi connectivity index (χ3v) is 1.08. The fourth-order valence-corrected chi connectivity index (χ4v) is 0.597. The molecule has 0 atom stereocenters. The summed E-state index contributed by atoms with van der Waals surface area (Å²) in [7, 11) is 0. The van der Waals surface area contributed by atoms with Gasteiger partial charge in [0.1, 0.15) is 6.61 Å². The van der Waals surface area contributed by atoms with E-state index in [0.717, 1.165) is 0 Å². The van der Waals surface area contributed by atoms with Crippen LogP contribution < -0.4 is 29.6 Å². The van der Waals surface area contributed by atoms with E-state index >= 15 is 0 Å². The quantitative estimate of drug-likeness (QED) is 0.302. The molecule has 0 spiro atoms. The van der Waals surface area contributed by atoms with Crippen LogP contribution in [0, 0.1) is 0 Å². The van der Waals surface area contributed by atoms with Crippen LogP contribution in [0.3, 0.4) is 0 Å². The largest absolute Gasteiger partial charge is 1.00 e. The second kappa shape index (κ2) is 10.2. The van der Waals surface area contributed by atoms with Crippen molar-refractivity contribution < 1.29 is 40.5 Å². The van der Waals surface area contributed by atoms with Gasteiger partial charge >= 0.3 is 35.5 Å². The Labute approximate surface area is 95.7 Å². The van der Waals surface area contributed by atoms with Crippen LogP contribution in [0.15, 0.2) is 0 Å². The van der Waals surface area contributed by atoms with Crippen LogP contribution in [0.5, 0.6) is 0 Å². The Morgan fingerprint density at radius 2 is 2.00 bits per heavy atom.